The van der Waals surface area contributed by atoms with Crippen LogP contribution in [-0.4, -0.2) is 24.5 Å². The van der Waals surface area contributed by atoms with Crippen molar-refractivity contribution in [3.8, 4) is 0 Å². The molecule has 17 heavy (non-hydrogen) atoms. The van der Waals surface area contributed by atoms with Crippen LogP contribution in [0.15, 0.2) is 24.3 Å². The number of nitrogens with one attached hydrogen (secondary N) is 1. The molecule has 2 atom stereocenters. The van der Waals surface area contributed by atoms with Gasteiger partial charge >= 0.3 is 0 Å². The Labute approximate surface area is 102 Å². The number of carbonyl (C=O) groups excluding carboxylic acids is 1. The first-order valence-corrected chi connectivity index (χ1v) is 6.38. The highest BCUT2D eigenvalue weighted by atomic mass is 16.2. The number of aryl methyl sites for hydroxylation is 1. The van der Waals surface area contributed by atoms with Gasteiger partial charge in [0, 0.05) is 18.2 Å². The Hall–Kier alpha value is -1.35. The Morgan fingerprint density at radius 3 is 3.12 bits per heavy atom. The Kier molecular flexibility index (Phi) is 2.63. The molecule has 0 saturated carbocycles. The molecule has 2 fully saturated rings. The standard InChI is InChI=1S/C14H18N2O/c1-10-4-2-5-11(8-10)16-13-6-3-7-15-12(13)9-14(16)17/h2,4-5,8,12-13,15H,3,6-7,9H2,1H3. The number of fused-ring (bicyclic) bond motifs is 1. The van der Waals surface area contributed by atoms with Crippen molar-refractivity contribution < 1.29 is 4.79 Å². The number of carbonyl (C=O) groups is 1. The van der Waals surface area contributed by atoms with E-state index in [1.54, 1.807) is 0 Å². The van der Waals surface area contributed by atoms with Gasteiger partial charge in [0.1, 0.15) is 0 Å². The highest BCUT2D eigenvalue weighted by Gasteiger charge is 2.41. The molecule has 0 aliphatic carbocycles. The van der Waals surface area contributed by atoms with E-state index < -0.39 is 0 Å². The molecule has 2 aliphatic heterocycles. The van der Waals surface area contributed by atoms with Crippen LogP contribution in [0.5, 0.6) is 0 Å². The van der Waals surface area contributed by atoms with E-state index in [1.165, 1.54) is 5.56 Å². The largest absolute Gasteiger partial charge is 0.311 e. The summed E-state index contributed by atoms with van der Waals surface area (Å²) >= 11 is 0. The zero-order valence-electron chi connectivity index (χ0n) is 10.1. The lowest BCUT2D eigenvalue weighted by atomic mass is 9.99. The molecule has 90 valence electrons. The van der Waals surface area contributed by atoms with Crippen molar-refractivity contribution in [2.24, 2.45) is 0 Å². The number of piperidine rings is 1. The fourth-order valence-corrected chi connectivity index (χ4v) is 3.04. The van der Waals surface area contributed by atoms with E-state index in [0.29, 0.717) is 18.5 Å². The average molecular weight is 230 g/mol. The predicted octanol–water partition coefficient (Wildman–Crippen LogP) is 1.85. The topological polar surface area (TPSA) is 32.3 Å². The third-order valence-corrected chi connectivity index (χ3v) is 3.82. The molecule has 1 aromatic rings. The van der Waals surface area contributed by atoms with E-state index in [0.717, 1.165) is 25.1 Å². The first kappa shape index (κ1) is 10.8. The van der Waals surface area contributed by atoms with Crippen LogP contribution < -0.4 is 10.2 Å². The summed E-state index contributed by atoms with van der Waals surface area (Å²) < 4.78 is 0. The summed E-state index contributed by atoms with van der Waals surface area (Å²) in [5.74, 6) is 0.264. The molecule has 0 spiro atoms. The van der Waals surface area contributed by atoms with Gasteiger partial charge in [-0.1, -0.05) is 12.1 Å². The SMILES string of the molecule is Cc1cccc(N2C(=O)CC3NCCCC32)c1. The van der Waals surface area contributed by atoms with Crippen LogP contribution in [0.2, 0.25) is 0 Å². The monoisotopic (exact) mass is 230 g/mol. The van der Waals surface area contributed by atoms with E-state index in [9.17, 15) is 4.79 Å². The van der Waals surface area contributed by atoms with Crippen molar-refractivity contribution in [2.45, 2.75) is 38.3 Å². The zero-order chi connectivity index (χ0) is 11.8. The molecule has 0 radical (unpaired) electrons. The molecule has 2 saturated heterocycles. The maximum Gasteiger partial charge on any atom is 0.228 e. The van der Waals surface area contributed by atoms with E-state index in [2.05, 4.69) is 24.4 Å². The molecule has 0 aromatic heterocycles. The van der Waals surface area contributed by atoms with E-state index in [4.69, 9.17) is 0 Å². The van der Waals surface area contributed by atoms with Crippen molar-refractivity contribution in [1.29, 1.82) is 0 Å². The number of hydrogen-bond acceptors (Lipinski definition) is 2. The van der Waals surface area contributed by atoms with Crippen LogP contribution in [0.4, 0.5) is 5.69 Å². The Balaban J connectivity index is 1.93. The van der Waals surface area contributed by atoms with E-state index in [1.807, 2.05) is 17.0 Å². The summed E-state index contributed by atoms with van der Waals surface area (Å²) in [6.45, 7) is 3.12. The second kappa shape index (κ2) is 4.15. The molecule has 3 heteroatoms. The molecule has 2 unspecified atom stereocenters. The quantitative estimate of drug-likeness (QED) is 0.798. The molecule has 1 amide bonds. The fraction of sp³-hybridized carbons (Fsp3) is 0.500. The summed E-state index contributed by atoms with van der Waals surface area (Å²) in [5.41, 5.74) is 2.27. The van der Waals surface area contributed by atoms with Gasteiger partial charge in [-0.2, -0.15) is 0 Å². The highest BCUT2D eigenvalue weighted by Crippen LogP contribution is 2.31. The lowest BCUT2D eigenvalue weighted by Crippen LogP contribution is -2.47. The molecule has 0 bridgehead atoms. The summed E-state index contributed by atoms with van der Waals surface area (Å²) in [7, 11) is 0. The van der Waals surface area contributed by atoms with Crippen molar-refractivity contribution in [3.63, 3.8) is 0 Å². The van der Waals surface area contributed by atoms with Crippen molar-refractivity contribution in [1.82, 2.24) is 5.32 Å². The summed E-state index contributed by atoms with van der Waals surface area (Å²) in [4.78, 5) is 14.1. The third-order valence-electron chi connectivity index (χ3n) is 3.82. The van der Waals surface area contributed by atoms with Crippen LogP contribution in [0.3, 0.4) is 0 Å². The van der Waals surface area contributed by atoms with Crippen LogP contribution >= 0.6 is 0 Å². The first-order valence-electron chi connectivity index (χ1n) is 6.38. The second-order valence-electron chi connectivity index (χ2n) is 5.08. The van der Waals surface area contributed by atoms with Crippen LogP contribution in [0.25, 0.3) is 0 Å². The second-order valence-corrected chi connectivity index (χ2v) is 5.08. The highest BCUT2D eigenvalue weighted by molar-refractivity contribution is 5.97. The summed E-state index contributed by atoms with van der Waals surface area (Å²) in [6.07, 6.45) is 2.94. The maximum atomic E-state index is 12.1. The number of anilines is 1. The number of benzene rings is 1. The lowest BCUT2D eigenvalue weighted by molar-refractivity contribution is -0.117. The summed E-state index contributed by atoms with van der Waals surface area (Å²) in [5, 5.41) is 3.46. The van der Waals surface area contributed by atoms with Gasteiger partial charge in [0.05, 0.1) is 6.04 Å². The first-order chi connectivity index (χ1) is 8.25. The molecule has 3 rings (SSSR count). The van der Waals surface area contributed by atoms with E-state index >= 15 is 0 Å². The number of hydrogen-bond donors (Lipinski definition) is 1. The Morgan fingerprint density at radius 1 is 1.41 bits per heavy atom. The molecular weight excluding hydrogens is 212 g/mol. The van der Waals surface area contributed by atoms with Crippen molar-refractivity contribution in [3.05, 3.63) is 29.8 Å². The van der Waals surface area contributed by atoms with Gasteiger partial charge < -0.3 is 10.2 Å². The van der Waals surface area contributed by atoms with Gasteiger partial charge in [-0.05, 0) is 44.0 Å². The van der Waals surface area contributed by atoms with Crippen LogP contribution in [-0.2, 0) is 4.79 Å². The predicted molar refractivity (Wildman–Crippen MR) is 68.1 cm³/mol. The van der Waals surface area contributed by atoms with Crippen LogP contribution in [0.1, 0.15) is 24.8 Å². The van der Waals surface area contributed by atoms with Crippen molar-refractivity contribution in [2.75, 3.05) is 11.4 Å². The van der Waals surface area contributed by atoms with E-state index in [-0.39, 0.29) is 5.91 Å². The number of nitrogens with zero attached hydrogens (tertiary/aromatic N) is 1. The minimum atomic E-state index is 0.264. The number of amides is 1. The van der Waals surface area contributed by atoms with Gasteiger partial charge in [0.25, 0.3) is 0 Å². The molecule has 2 heterocycles. The zero-order valence-corrected chi connectivity index (χ0v) is 10.1. The minimum absolute atomic E-state index is 0.264. The average Bonchev–Trinajstić information content (AvgIpc) is 2.64. The van der Waals surface area contributed by atoms with Crippen molar-refractivity contribution >= 4 is 11.6 Å². The van der Waals surface area contributed by atoms with Gasteiger partial charge in [0.15, 0.2) is 0 Å². The van der Waals surface area contributed by atoms with Crippen LogP contribution in [0, 0.1) is 6.92 Å². The van der Waals surface area contributed by atoms with Gasteiger partial charge in [-0.25, -0.2) is 0 Å². The number of rotatable bonds is 1. The minimum Gasteiger partial charge on any atom is -0.311 e. The van der Waals surface area contributed by atoms with Gasteiger partial charge in [-0.15, -0.1) is 0 Å². The van der Waals surface area contributed by atoms with Gasteiger partial charge in [-0.3, -0.25) is 4.79 Å². The maximum absolute atomic E-state index is 12.1. The molecule has 1 N–H and O–H groups in total. The third kappa shape index (κ3) is 1.84. The molecular formula is C14H18N2O. The Morgan fingerprint density at radius 2 is 2.29 bits per heavy atom. The fourth-order valence-electron chi connectivity index (χ4n) is 3.04. The Bertz CT molecular complexity index is 444. The molecule has 2 aliphatic rings. The molecule has 3 nitrogen and oxygen atoms in total. The normalized spacial score (nSPS) is 28.3. The molecule has 1 aromatic carbocycles. The van der Waals surface area contributed by atoms with Gasteiger partial charge in [0.2, 0.25) is 5.91 Å². The summed E-state index contributed by atoms with van der Waals surface area (Å²) in [6, 6.07) is 8.97. The lowest BCUT2D eigenvalue weighted by Gasteiger charge is -2.32. The smallest absolute Gasteiger partial charge is 0.228 e.